The van der Waals surface area contributed by atoms with Gasteiger partial charge >= 0.3 is 0 Å². The summed E-state index contributed by atoms with van der Waals surface area (Å²) in [6, 6.07) is 9.02. The molecule has 0 bridgehead atoms. The van der Waals surface area contributed by atoms with Gasteiger partial charge in [0.2, 0.25) is 6.79 Å². The first kappa shape index (κ1) is 14.1. The van der Waals surface area contributed by atoms with Crippen molar-refractivity contribution in [3.05, 3.63) is 57.9 Å². The maximum absolute atomic E-state index is 13.2. The number of nitro groups is 1. The smallest absolute Gasteiger partial charge is 0.295 e. The van der Waals surface area contributed by atoms with Crippen molar-refractivity contribution in [3.63, 3.8) is 0 Å². The third kappa shape index (κ3) is 2.65. The Labute approximate surface area is 125 Å². The quantitative estimate of drug-likeness (QED) is 0.641. The Bertz CT molecular complexity index is 735. The number of ether oxygens (including phenoxy) is 2. The molecule has 1 aliphatic heterocycles. The first-order valence-electron chi connectivity index (χ1n) is 6.58. The third-order valence-corrected chi connectivity index (χ3v) is 3.40. The fourth-order valence-corrected chi connectivity index (χ4v) is 2.36. The largest absolute Gasteiger partial charge is 0.454 e. The number of hydrogen-bond donors (Lipinski definition) is 0. The number of anilines is 1. The van der Waals surface area contributed by atoms with Crippen LogP contribution >= 0.6 is 0 Å². The van der Waals surface area contributed by atoms with E-state index in [-0.39, 0.29) is 12.5 Å². The zero-order valence-corrected chi connectivity index (χ0v) is 11.8. The van der Waals surface area contributed by atoms with Crippen LogP contribution in [0, 0.1) is 15.9 Å². The number of nitrogens with zero attached hydrogens (tertiary/aromatic N) is 2. The van der Waals surface area contributed by atoms with Crippen LogP contribution in [0.5, 0.6) is 11.5 Å². The van der Waals surface area contributed by atoms with Gasteiger partial charge in [-0.25, -0.2) is 4.39 Å². The first-order chi connectivity index (χ1) is 10.5. The van der Waals surface area contributed by atoms with Crippen LogP contribution < -0.4 is 14.4 Å². The molecule has 0 aliphatic carbocycles. The van der Waals surface area contributed by atoms with Crippen LogP contribution in [0.15, 0.2) is 36.4 Å². The Morgan fingerprint density at radius 2 is 2.00 bits per heavy atom. The lowest BCUT2D eigenvalue weighted by Gasteiger charge is -2.19. The highest BCUT2D eigenvalue weighted by Crippen LogP contribution is 2.34. The van der Waals surface area contributed by atoms with Crippen molar-refractivity contribution in [2.45, 2.75) is 6.54 Å². The van der Waals surface area contributed by atoms with Crippen LogP contribution in [0.4, 0.5) is 15.8 Å². The predicted octanol–water partition coefficient (Wildman–Crippen LogP) is 3.10. The maximum atomic E-state index is 13.2. The predicted molar refractivity (Wildman–Crippen MR) is 77.7 cm³/mol. The molecular weight excluding hydrogens is 291 g/mol. The molecule has 0 aromatic heterocycles. The van der Waals surface area contributed by atoms with E-state index in [1.807, 2.05) is 12.1 Å². The third-order valence-electron chi connectivity index (χ3n) is 3.40. The minimum Gasteiger partial charge on any atom is -0.454 e. The van der Waals surface area contributed by atoms with Crippen molar-refractivity contribution in [2.24, 2.45) is 0 Å². The van der Waals surface area contributed by atoms with Crippen LogP contribution in [-0.4, -0.2) is 18.8 Å². The number of rotatable bonds is 4. The Morgan fingerprint density at radius 3 is 2.77 bits per heavy atom. The lowest BCUT2D eigenvalue weighted by molar-refractivity contribution is -0.384. The molecule has 0 amide bonds. The summed E-state index contributed by atoms with van der Waals surface area (Å²) in [5.41, 5.74) is 0.998. The van der Waals surface area contributed by atoms with Crippen LogP contribution in [-0.2, 0) is 6.54 Å². The highest BCUT2D eigenvalue weighted by molar-refractivity contribution is 5.63. The molecule has 0 unspecified atom stereocenters. The minimum absolute atomic E-state index is 0.193. The highest BCUT2D eigenvalue weighted by atomic mass is 19.1. The molecule has 2 aromatic carbocycles. The number of benzene rings is 2. The number of hydrogen-bond acceptors (Lipinski definition) is 5. The van der Waals surface area contributed by atoms with E-state index in [1.54, 1.807) is 18.0 Å². The van der Waals surface area contributed by atoms with E-state index in [4.69, 9.17) is 9.47 Å². The van der Waals surface area contributed by atoms with E-state index in [0.29, 0.717) is 23.7 Å². The minimum atomic E-state index is -0.632. The van der Waals surface area contributed by atoms with Crippen molar-refractivity contribution >= 4 is 11.4 Å². The molecule has 0 fully saturated rings. The van der Waals surface area contributed by atoms with Crippen LogP contribution in [0.1, 0.15) is 5.56 Å². The second-order valence-electron chi connectivity index (χ2n) is 4.93. The maximum Gasteiger partial charge on any atom is 0.295 e. The summed E-state index contributed by atoms with van der Waals surface area (Å²) in [5, 5.41) is 11.1. The van der Waals surface area contributed by atoms with Gasteiger partial charge in [-0.15, -0.1) is 0 Å². The zero-order chi connectivity index (χ0) is 15.7. The van der Waals surface area contributed by atoms with Crippen molar-refractivity contribution in [1.82, 2.24) is 0 Å². The highest BCUT2D eigenvalue weighted by Gasteiger charge is 2.19. The summed E-state index contributed by atoms with van der Waals surface area (Å²) in [4.78, 5) is 12.2. The van der Waals surface area contributed by atoms with Gasteiger partial charge in [0.1, 0.15) is 11.5 Å². The lowest BCUT2D eigenvalue weighted by Crippen LogP contribution is -2.17. The Balaban J connectivity index is 1.85. The summed E-state index contributed by atoms with van der Waals surface area (Å²) < 4.78 is 23.7. The van der Waals surface area contributed by atoms with Crippen molar-refractivity contribution in [3.8, 4) is 11.5 Å². The number of nitro benzene ring substituents is 1. The molecule has 0 atom stereocenters. The summed E-state index contributed by atoms with van der Waals surface area (Å²) in [6.45, 7) is 0.612. The molecule has 22 heavy (non-hydrogen) atoms. The van der Waals surface area contributed by atoms with Crippen LogP contribution in [0.2, 0.25) is 0 Å². The number of fused-ring (bicyclic) bond motifs is 1. The van der Waals surface area contributed by atoms with Gasteiger partial charge in [0.15, 0.2) is 11.5 Å². The fourth-order valence-electron chi connectivity index (χ4n) is 2.36. The van der Waals surface area contributed by atoms with E-state index >= 15 is 0 Å². The molecule has 2 aromatic rings. The molecule has 0 saturated carbocycles. The van der Waals surface area contributed by atoms with Gasteiger partial charge < -0.3 is 14.4 Å². The summed E-state index contributed by atoms with van der Waals surface area (Å²) in [5.74, 6) is 0.700. The standard InChI is InChI=1S/C15H13FN2O4/c1-17(12-4-3-11(16)7-13(12)18(19)20)8-10-2-5-14-15(6-10)22-9-21-14/h2-7H,8-9H2,1H3. The molecule has 6 nitrogen and oxygen atoms in total. The van der Waals surface area contributed by atoms with Crippen LogP contribution in [0.3, 0.4) is 0 Å². The average molecular weight is 304 g/mol. The Morgan fingerprint density at radius 1 is 1.23 bits per heavy atom. The van der Waals surface area contributed by atoms with Gasteiger partial charge in [0.05, 0.1) is 11.0 Å². The van der Waals surface area contributed by atoms with Crippen molar-refractivity contribution in [2.75, 3.05) is 18.7 Å². The second-order valence-corrected chi connectivity index (χ2v) is 4.93. The van der Waals surface area contributed by atoms with E-state index in [1.165, 1.54) is 12.1 Å². The molecule has 0 N–H and O–H groups in total. The first-order valence-corrected chi connectivity index (χ1v) is 6.58. The average Bonchev–Trinajstić information content (AvgIpc) is 2.94. The van der Waals surface area contributed by atoms with E-state index in [0.717, 1.165) is 11.6 Å². The van der Waals surface area contributed by atoms with Gasteiger partial charge in [-0.3, -0.25) is 10.1 Å². The lowest BCUT2D eigenvalue weighted by atomic mass is 10.1. The topological polar surface area (TPSA) is 64.8 Å². The molecule has 0 spiro atoms. The monoisotopic (exact) mass is 304 g/mol. The molecule has 0 saturated heterocycles. The molecule has 3 rings (SSSR count). The van der Waals surface area contributed by atoms with Crippen LogP contribution in [0.25, 0.3) is 0 Å². The normalized spacial score (nSPS) is 12.3. The zero-order valence-electron chi connectivity index (χ0n) is 11.8. The molecule has 1 aliphatic rings. The van der Waals surface area contributed by atoms with Gasteiger partial charge in [0.25, 0.3) is 5.69 Å². The van der Waals surface area contributed by atoms with Gasteiger partial charge in [0, 0.05) is 13.6 Å². The Hall–Kier alpha value is -2.83. The number of halogens is 1. The SMILES string of the molecule is CN(Cc1ccc2c(c1)OCO2)c1ccc(F)cc1[N+](=O)[O-]. The summed E-state index contributed by atoms with van der Waals surface area (Å²) in [7, 11) is 1.71. The van der Waals surface area contributed by atoms with Gasteiger partial charge in [-0.2, -0.15) is 0 Å². The van der Waals surface area contributed by atoms with E-state index in [9.17, 15) is 14.5 Å². The molecule has 114 valence electrons. The molecule has 0 radical (unpaired) electrons. The van der Waals surface area contributed by atoms with Gasteiger partial charge in [-0.05, 0) is 29.8 Å². The molecular formula is C15H13FN2O4. The Kier molecular flexibility index (Phi) is 3.54. The molecule has 1 heterocycles. The van der Waals surface area contributed by atoms with Gasteiger partial charge in [-0.1, -0.05) is 6.07 Å². The van der Waals surface area contributed by atoms with E-state index < -0.39 is 10.7 Å². The fraction of sp³-hybridized carbons (Fsp3) is 0.200. The van der Waals surface area contributed by atoms with Crippen molar-refractivity contribution < 1.29 is 18.8 Å². The second kappa shape index (κ2) is 5.51. The van der Waals surface area contributed by atoms with E-state index in [2.05, 4.69) is 0 Å². The summed E-state index contributed by atoms with van der Waals surface area (Å²) in [6.07, 6.45) is 0. The molecule has 7 heteroatoms. The van der Waals surface area contributed by atoms with Crippen molar-refractivity contribution in [1.29, 1.82) is 0 Å². The summed E-state index contributed by atoms with van der Waals surface area (Å²) >= 11 is 0.